The fourth-order valence-corrected chi connectivity index (χ4v) is 1.87. The molecule has 0 aromatic rings. The normalized spacial score (nSPS) is 45.4. The highest BCUT2D eigenvalue weighted by molar-refractivity contribution is 7.95. The molecule has 1 aliphatic heterocycles. The van der Waals surface area contributed by atoms with Gasteiger partial charge in [0, 0.05) is 11.4 Å². The van der Waals surface area contributed by atoms with Gasteiger partial charge in [-0.05, 0) is 0 Å². The van der Waals surface area contributed by atoms with Gasteiger partial charge in [-0.3, -0.25) is 0 Å². The summed E-state index contributed by atoms with van der Waals surface area (Å²) in [7, 11) is -2.40. The number of nitrogens with one attached hydrogen (secondary N) is 1. The average Bonchev–Trinajstić information content (AvgIpc) is 1.82. The van der Waals surface area contributed by atoms with Crippen molar-refractivity contribution in [2.45, 2.75) is 6.04 Å². The summed E-state index contributed by atoms with van der Waals surface area (Å²) in [5, 5.41) is 1.39. The molecule has 1 heterocycles. The van der Waals surface area contributed by atoms with Crippen LogP contribution in [0.1, 0.15) is 0 Å². The quantitative estimate of drug-likeness (QED) is 0.483. The lowest BCUT2D eigenvalue weighted by Crippen LogP contribution is -2.20. The zero-order chi connectivity index (χ0) is 6.20. The minimum Gasteiger partial charge on any atom is -0.324 e. The van der Waals surface area contributed by atoms with Crippen LogP contribution in [0, 0.1) is 4.78 Å². The smallest absolute Gasteiger partial charge is 0.0673 e. The molecule has 0 saturated heterocycles. The summed E-state index contributed by atoms with van der Waals surface area (Å²) in [5.74, 6) is 0.299. The SMILES string of the molecule is N=S1(=O)C=CC(N)C1. The van der Waals surface area contributed by atoms with Crippen molar-refractivity contribution in [1.82, 2.24) is 0 Å². The van der Waals surface area contributed by atoms with Crippen LogP contribution in [0.4, 0.5) is 0 Å². The second kappa shape index (κ2) is 1.56. The number of hydrogen-bond donors (Lipinski definition) is 2. The summed E-state index contributed by atoms with van der Waals surface area (Å²) in [5.41, 5.74) is 5.32. The number of hydrogen-bond acceptors (Lipinski definition) is 3. The lowest BCUT2D eigenvalue weighted by molar-refractivity contribution is 0.680. The minimum atomic E-state index is -2.40. The molecule has 4 heteroatoms. The van der Waals surface area contributed by atoms with E-state index in [0.29, 0.717) is 5.75 Å². The van der Waals surface area contributed by atoms with Gasteiger partial charge in [-0.2, -0.15) is 0 Å². The van der Waals surface area contributed by atoms with Gasteiger partial charge in [-0.15, -0.1) is 0 Å². The highest BCUT2D eigenvalue weighted by Gasteiger charge is 2.13. The fourth-order valence-electron chi connectivity index (χ4n) is 0.625. The highest BCUT2D eigenvalue weighted by atomic mass is 32.2. The van der Waals surface area contributed by atoms with E-state index < -0.39 is 9.73 Å². The van der Waals surface area contributed by atoms with Gasteiger partial charge in [0.1, 0.15) is 0 Å². The summed E-state index contributed by atoms with van der Waals surface area (Å²) in [6, 6.07) is -0.153. The summed E-state index contributed by atoms with van der Waals surface area (Å²) in [6.45, 7) is 0. The Labute approximate surface area is 48.5 Å². The van der Waals surface area contributed by atoms with Crippen molar-refractivity contribution >= 4 is 9.73 Å². The van der Waals surface area contributed by atoms with E-state index in [1.807, 2.05) is 0 Å². The highest BCUT2D eigenvalue weighted by Crippen LogP contribution is 2.05. The van der Waals surface area contributed by atoms with Crippen LogP contribution in [-0.4, -0.2) is 16.0 Å². The topological polar surface area (TPSA) is 66.9 Å². The summed E-state index contributed by atoms with van der Waals surface area (Å²) in [4.78, 5) is 0. The molecule has 1 rings (SSSR count). The second-order valence-electron chi connectivity index (χ2n) is 1.89. The molecule has 2 unspecified atom stereocenters. The van der Waals surface area contributed by atoms with Crippen LogP contribution >= 0.6 is 0 Å². The predicted octanol–water partition coefficient (Wildman–Crippen LogP) is -0.112. The standard InChI is InChI=1S/C4H8N2OS/c5-4-1-2-8(6,7)3-4/h1-2,4,6H,3,5H2. The van der Waals surface area contributed by atoms with Crippen LogP contribution in [0.3, 0.4) is 0 Å². The Balaban J connectivity index is 2.89. The zero-order valence-electron chi connectivity index (χ0n) is 4.33. The van der Waals surface area contributed by atoms with Crippen molar-refractivity contribution in [1.29, 1.82) is 4.78 Å². The van der Waals surface area contributed by atoms with Gasteiger partial charge < -0.3 is 5.73 Å². The van der Waals surface area contributed by atoms with Crippen molar-refractivity contribution in [2.75, 3.05) is 5.75 Å². The van der Waals surface area contributed by atoms with Gasteiger partial charge in [0.15, 0.2) is 0 Å². The molecule has 0 aromatic carbocycles. The third-order valence-electron chi connectivity index (χ3n) is 0.986. The zero-order valence-corrected chi connectivity index (χ0v) is 5.15. The van der Waals surface area contributed by atoms with E-state index >= 15 is 0 Å². The van der Waals surface area contributed by atoms with Gasteiger partial charge in [-0.1, -0.05) is 6.08 Å². The second-order valence-corrected chi connectivity index (χ2v) is 3.94. The Morgan fingerprint density at radius 3 is 2.62 bits per heavy atom. The van der Waals surface area contributed by atoms with Crippen LogP contribution in [-0.2, 0) is 9.73 Å². The Bertz CT molecular complexity index is 204. The largest absolute Gasteiger partial charge is 0.324 e. The van der Waals surface area contributed by atoms with E-state index in [1.165, 1.54) is 5.41 Å². The molecular weight excluding hydrogens is 124 g/mol. The lowest BCUT2D eigenvalue weighted by Gasteiger charge is -1.94. The Morgan fingerprint density at radius 2 is 2.50 bits per heavy atom. The maximum Gasteiger partial charge on any atom is 0.0673 e. The fraction of sp³-hybridized carbons (Fsp3) is 0.500. The van der Waals surface area contributed by atoms with E-state index in [-0.39, 0.29) is 6.04 Å². The molecule has 8 heavy (non-hydrogen) atoms. The van der Waals surface area contributed by atoms with Crippen LogP contribution in [0.5, 0.6) is 0 Å². The molecule has 0 radical (unpaired) electrons. The van der Waals surface area contributed by atoms with Crippen LogP contribution < -0.4 is 5.73 Å². The number of rotatable bonds is 0. The van der Waals surface area contributed by atoms with E-state index in [4.69, 9.17) is 10.5 Å². The minimum absolute atomic E-state index is 0.153. The van der Waals surface area contributed by atoms with E-state index in [0.717, 1.165) is 0 Å². The average molecular weight is 132 g/mol. The van der Waals surface area contributed by atoms with Gasteiger partial charge >= 0.3 is 0 Å². The number of nitrogens with two attached hydrogens (primary N) is 1. The Hall–Kier alpha value is -0.350. The maximum atomic E-state index is 10.7. The summed E-state index contributed by atoms with van der Waals surface area (Å²) in [6.07, 6.45) is 1.62. The predicted molar refractivity (Wildman–Crippen MR) is 32.8 cm³/mol. The molecule has 3 nitrogen and oxygen atoms in total. The van der Waals surface area contributed by atoms with Crippen molar-refractivity contribution in [3.05, 3.63) is 11.5 Å². The van der Waals surface area contributed by atoms with Crippen molar-refractivity contribution in [2.24, 2.45) is 5.73 Å². The molecule has 0 spiro atoms. The van der Waals surface area contributed by atoms with E-state index in [1.54, 1.807) is 6.08 Å². The molecular formula is C4H8N2OS. The summed E-state index contributed by atoms with van der Waals surface area (Å²) < 4.78 is 17.7. The third-order valence-corrected chi connectivity index (χ3v) is 2.46. The Morgan fingerprint density at radius 1 is 1.88 bits per heavy atom. The first-order valence-electron chi connectivity index (χ1n) is 2.30. The van der Waals surface area contributed by atoms with Gasteiger partial charge in [-0.25, -0.2) is 8.99 Å². The van der Waals surface area contributed by atoms with Crippen LogP contribution in [0.2, 0.25) is 0 Å². The molecule has 0 aliphatic carbocycles. The van der Waals surface area contributed by atoms with Crippen molar-refractivity contribution in [3.63, 3.8) is 0 Å². The van der Waals surface area contributed by atoms with Crippen molar-refractivity contribution in [3.8, 4) is 0 Å². The van der Waals surface area contributed by atoms with Gasteiger partial charge in [0.2, 0.25) is 0 Å². The molecule has 0 fully saturated rings. The summed E-state index contributed by atoms with van der Waals surface area (Å²) >= 11 is 0. The maximum absolute atomic E-state index is 10.7. The first kappa shape index (κ1) is 5.78. The van der Waals surface area contributed by atoms with Gasteiger partial charge in [0.05, 0.1) is 15.5 Å². The van der Waals surface area contributed by atoms with E-state index in [2.05, 4.69) is 0 Å². The molecule has 3 N–H and O–H groups in total. The molecule has 0 saturated carbocycles. The van der Waals surface area contributed by atoms with Crippen LogP contribution in [0.15, 0.2) is 11.5 Å². The first-order chi connectivity index (χ1) is 3.60. The monoisotopic (exact) mass is 132 g/mol. The third kappa shape index (κ3) is 1.08. The van der Waals surface area contributed by atoms with Crippen molar-refractivity contribution < 1.29 is 4.21 Å². The van der Waals surface area contributed by atoms with Crippen LogP contribution in [0.25, 0.3) is 0 Å². The molecule has 2 atom stereocenters. The molecule has 46 valence electrons. The van der Waals surface area contributed by atoms with E-state index in [9.17, 15) is 4.21 Å². The lowest BCUT2D eigenvalue weighted by atomic mass is 10.4. The first-order valence-corrected chi connectivity index (χ1v) is 4.09. The molecule has 1 aliphatic rings. The Kier molecular flexibility index (Phi) is 1.13. The molecule has 0 bridgehead atoms. The van der Waals surface area contributed by atoms with Gasteiger partial charge in [0.25, 0.3) is 0 Å². The molecule has 0 amide bonds. The molecule has 0 aromatic heterocycles.